The number of carbonyl (C=O) groups is 1. The zero-order chi connectivity index (χ0) is 12.6. The summed E-state index contributed by atoms with van der Waals surface area (Å²) < 4.78 is 4.70. The van der Waals surface area contributed by atoms with Crippen molar-refractivity contribution >= 4 is 28.5 Å². The van der Waals surface area contributed by atoms with Crippen LogP contribution in [-0.4, -0.2) is 18.1 Å². The van der Waals surface area contributed by atoms with Crippen molar-refractivity contribution in [3.63, 3.8) is 0 Å². The van der Waals surface area contributed by atoms with Crippen molar-refractivity contribution < 1.29 is 9.53 Å². The smallest absolute Gasteiger partial charge is 0.310 e. The number of benzene rings is 1. The molecule has 4 heteroatoms. The largest absolute Gasteiger partial charge is 0.469 e. The molecule has 1 heterocycles. The number of esters is 1. The zero-order valence-corrected chi connectivity index (χ0v) is 10.8. The van der Waals surface area contributed by atoms with Gasteiger partial charge in [0.15, 0.2) is 0 Å². The Bertz CT molecular complexity index is 587. The minimum Gasteiger partial charge on any atom is -0.469 e. The molecule has 0 amide bonds. The minimum atomic E-state index is -0.258. The topological polar surface area (TPSA) is 42.1 Å². The fourth-order valence-electron chi connectivity index (χ4n) is 1.98. The lowest BCUT2D eigenvalue weighted by Crippen LogP contribution is -2.05. The van der Waals surface area contributed by atoms with Crippen LogP contribution in [0.1, 0.15) is 16.8 Å². The number of hydrogen-bond donors (Lipinski definition) is 1. The average molecular weight is 252 g/mol. The van der Waals surface area contributed by atoms with E-state index >= 15 is 0 Å². The van der Waals surface area contributed by atoms with Gasteiger partial charge in [-0.2, -0.15) is 0 Å². The lowest BCUT2D eigenvalue weighted by Gasteiger charge is -2.03. The molecule has 0 aliphatic heterocycles. The van der Waals surface area contributed by atoms with Crippen LogP contribution in [0.4, 0.5) is 0 Å². The van der Waals surface area contributed by atoms with Gasteiger partial charge in [0.25, 0.3) is 0 Å². The van der Waals surface area contributed by atoms with E-state index in [-0.39, 0.29) is 12.4 Å². The van der Waals surface area contributed by atoms with Crippen molar-refractivity contribution in [2.45, 2.75) is 20.3 Å². The predicted octanol–water partition coefficient (Wildman–Crippen LogP) is 3.15. The van der Waals surface area contributed by atoms with Gasteiger partial charge in [-0.3, -0.25) is 4.79 Å². The Morgan fingerprint density at radius 3 is 2.76 bits per heavy atom. The van der Waals surface area contributed by atoms with Crippen LogP contribution in [0.5, 0.6) is 0 Å². The molecule has 17 heavy (non-hydrogen) atoms. The van der Waals surface area contributed by atoms with Gasteiger partial charge >= 0.3 is 5.97 Å². The van der Waals surface area contributed by atoms with E-state index in [1.807, 2.05) is 26.0 Å². The van der Waals surface area contributed by atoms with Gasteiger partial charge in [0, 0.05) is 16.6 Å². The van der Waals surface area contributed by atoms with E-state index < -0.39 is 0 Å². The number of methoxy groups -OCH3 is 1. The number of aromatic nitrogens is 1. The summed E-state index contributed by atoms with van der Waals surface area (Å²) in [5.74, 6) is -0.258. The second-order valence-electron chi connectivity index (χ2n) is 4.10. The van der Waals surface area contributed by atoms with Gasteiger partial charge < -0.3 is 9.72 Å². The standard InChI is InChI=1S/C13H14ClNO2/c1-7-4-5-10-12(13(7)14)9(8(2)15-10)6-11(16)17-3/h4-5,15H,6H2,1-3H3. The van der Waals surface area contributed by atoms with Gasteiger partial charge in [-0.1, -0.05) is 17.7 Å². The first-order chi connectivity index (χ1) is 8.04. The van der Waals surface area contributed by atoms with Crippen molar-refractivity contribution in [3.05, 3.63) is 34.0 Å². The van der Waals surface area contributed by atoms with Gasteiger partial charge in [0.2, 0.25) is 0 Å². The summed E-state index contributed by atoms with van der Waals surface area (Å²) in [6.07, 6.45) is 0.242. The summed E-state index contributed by atoms with van der Waals surface area (Å²) in [6, 6.07) is 3.94. The number of hydrogen-bond acceptors (Lipinski definition) is 2. The number of H-pyrrole nitrogens is 1. The number of ether oxygens (including phenoxy) is 1. The molecule has 2 rings (SSSR count). The van der Waals surface area contributed by atoms with Crippen LogP contribution >= 0.6 is 11.6 Å². The first-order valence-electron chi connectivity index (χ1n) is 5.37. The van der Waals surface area contributed by atoms with Crippen LogP contribution in [0.15, 0.2) is 12.1 Å². The van der Waals surface area contributed by atoms with Crippen LogP contribution in [-0.2, 0) is 16.0 Å². The van der Waals surface area contributed by atoms with Crippen molar-refractivity contribution in [2.75, 3.05) is 7.11 Å². The fourth-order valence-corrected chi connectivity index (χ4v) is 2.26. The third kappa shape index (κ3) is 2.03. The average Bonchev–Trinajstić information content (AvgIpc) is 2.61. The molecule has 0 bridgehead atoms. The SMILES string of the molecule is COC(=O)Cc1c(C)[nH]c2ccc(C)c(Cl)c12. The molecule has 0 saturated heterocycles. The Balaban J connectivity index is 2.65. The van der Waals surface area contributed by atoms with Gasteiger partial charge in [0.05, 0.1) is 18.6 Å². The van der Waals surface area contributed by atoms with E-state index in [0.717, 1.165) is 27.7 Å². The maximum absolute atomic E-state index is 11.4. The molecule has 1 aromatic heterocycles. The second kappa shape index (κ2) is 4.41. The highest BCUT2D eigenvalue weighted by atomic mass is 35.5. The molecule has 0 unspecified atom stereocenters. The molecular weight excluding hydrogens is 238 g/mol. The molecule has 90 valence electrons. The van der Waals surface area contributed by atoms with E-state index in [2.05, 4.69) is 4.98 Å². The van der Waals surface area contributed by atoms with E-state index in [9.17, 15) is 4.79 Å². The Kier molecular flexibility index (Phi) is 3.11. The summed E-state index contributed by atoms with van der Waals surface area (Å²) in [5, 5.41) is 1.63. The quantitative estimate of drug-likeness (QED) is 0.833. The fraction of sp³-hybridized carbons (Fsp3) is 0.308. The highest BCUT2D eigenvalue weighted by Gasteiger charge is 2.15. The monoisotopic (exact) mass is 251 g/mol. The van der Waals surface area contributed by atoms with Crippen LogP contribution < -0.4 is 0 Å². The van der Waals surface area contributed by atoms with Gasteiger partial charge in [-0.05, 0) is 31.0 Å². The summed E-state index contributed by atoms with van der Waals surface area (Å²) in [6.45, 7) is 3.88. The van der Waals surface area contributed by atoms with Crippen LogP contribution in [0.2, 0.25) is 5.02 Å². The molecule has 0 aliphatic rings. The Labute approximate surface area is 105 Å². The van der Waals surface area contributed by atoms with Crippen molar-refractivity contribution in [1.29, 1.82) is 0 Å². The molecule has 0 aliphatic carbocycles. The summed E-state index contributed by atoms with van der Waals surface area (Å²) in [7, 11) is 1.39. The molecule has 0 spiro atoms. The van der Waals surface area contributed by atoms with Crippen molar-refractivity contribution in [1.82, 2.24) is 4.98 Å². The van der Waals surface area contributed by atoms with E-state index in [0.29, 0.717) is 5.02 Å². The van der Waals surface area contributed by atoms with Crippen LogP contribution in [0.3, 0.4) is 0 Å². The summed E-state index contributed by atoms with van der Waals surface area (Å²) >= 11 is 6.30. The number of halogens is 1. The Hall–Kier alpha value is -1.48. The highest BCUT2D eigenvalue weighted by molar-refractivity contribution is 6.36. The third-order valence-electron chi connectivity index (χ3n) is 2.96. The van der Waals surface area contributed by atoms with E-state index in [1.54, 1.807) is 0 Å². The number of rotatable bonds is 2. The predicted molar refractivity (Wildman–Crippen MR) is 68.5 cm³/mol. The van der Waals surface area contributed by atoms with Crippen molar-refractivity contribution in [2.24, 2.45) is 0 Å². The Morgan fingerprint density at radius 1 is 1.41 bits per heavy atom. The molecule has 1 aromatic carbocycles. The lowest BCUT2D eigenvalue weighted by molar-refractivity contribution is -0.139. The van der Waals surface area contributed by atoms with Crippen LogP contribution in [0.25, 0.3) is 10.9 Å². The molecule has 2 aromatic rings. The normalized spacial score (nSPS) is 10.8. The number of aryl methyl sites for hydroxylation is 2. The summed E-state index contributed by atoms with van der Waals surface area (Å²) in [5.41, 5.74) is 3.83. The molecule has 0 fully saturated rings. The van der Waals surface area contributed by atoms with Crippen LogP contribution in [0, 0.1) is 13.8 Å². The number of carbonyl (C=O) groups excluding carboxylic acids is 1. The highest BCUT2D eigenvalue weighted by Crippen LogP contribution is 2.32. The minimum absolute atomic E-state index is 0.242. The number of aromatic amines is 1. The molecule has 3 nitrogen and oxygen atoms in total. The zero-order valence-electron chi connectivity index (χ0n) is 10.1. The first kappa shape index (κ1) is 12.0. The molecular formula is C13H14ClNO2. The van der Waals surface area contributed by atoms with E-state index in [1.165, 1.54) is 7.11 Å². The first-order valence-corrected chi connectivity index (χ1v) is 5.75. The van der Waals surface area contributed by atoms with Gasteiger partial charge in [-0.15, -0.1) is 0 Å². The maximum Gasteiger partial charge on any atom is 0.310 e. The second-order valence-corrected chi connectivity index (χ2v) is 4.48. The molecule has 0 radical (unpaired) electrons. The van der Waals surface area contributed by atoms with Gasteiger partial charge in [-0.25, -0.2) is 0 Å². The lowest BCUT2D eigenvalue weighted by atomic mass is 10.1. The number of nitrogens with one attached hydrogen (secondary N) is 1. The molecule has 0 saturated carbocycles. The van der Waals surface area contributed by atoms with Crippen molar-refractivity contribution in [3.8, 4) is 0 Å². The van der Waals surface area contributed by atoms with E-state index in [4.69, 9.17) is 16.3 Å². The number of fused-ring (bicyclic) bond motifs is 1. The molecule has 0 atom stereocenters. The maximum atomic E-state index is 11.4. The van der Waals surface area contributed by atoms with Gasteiger partial charge in [0.1, 0.15) is 0 Å². The Morgan fingerprint density at radius 2 is 2.12 bits per heavy atom. The summed E-state index contributed by atoms with van der Waals surface area (Å²) in [4.78, 5) is 14.6. The molecule has 1 N–H and O–H groups in total. The third-order valence-corrected chi connectivity index (χ3v) is 3.45.